The van der Waals surface area contributed by atoms with Crippen LogP contribution in [0, 0.1) is 0 Å². The van der Waals surface area contributed by atoms with Crippen molar-refractivity contribution in [2.75, 3.05) is 17.2 Å². The number of hydrogen-bond donors (Lipinski definition) is 4. The Hall–Kier alpha value is -2.05. The number of rotatable bonds is 4. The van der Waals surface area contributed by atoms with Crippen molar-refractivity contribution >= 4 is 28.9 Å². The van der Waals surface area contributed by atoms with Crippen LogP contribution in [0.5, 0.6) is 0 Å². The summed E-state index contributed by atoms with van der Waals surface area (Å²) in [4.78, 5) is 12.6. The molecule has 7 heteroatoms. The molecule has 1 amide bonds. The number of H-pyrrole nitrogens is 1. The van der Waals surface area contributed by atoms with E-state index in [1.54, 1.807) is 6.07 Å². The van der Waals surface area contributed by atoms with Crippen molar-refractivity contribution in [3.05, 3.63) is 40.2 Å². The van der Waals surface area contributed by atoms with Gasteiger partial charge in [-0.2, -0.15) is 5.10 Å². The molecule has 2 aromatic rings. The maximum absolute atomic E-state index is 12.6. The van der Waals surface area contributed by atoms with Gasteiger partial charge in [0.2, 0.25) is 0 Å². The third-order valence-electron chi connectivity index (χ3n) is 4.19. The largest absolute Gasteiger partial charge is 0.381 e. The molecular formula is C16H18ClN5O. The highest BCUT2D eigenvalue weighted by Gasteiger charge is 2.24. The first-order chi connectivity index (χ1) is 11.2. The lowest BCUT2D eigenvalue weighted by molar-refractivity contribution is 0.102. The topological polar surface area (TPSA) is 81.8 Å². The predicted molar refractivity (Wildman–Crippen MR) is 90.0 cm³/mol. The Morgan fingerprint density at radius 2 is 2.17 bits per heavy atom. The van der Waals surface area contributed by atoms with E-state index in [1.807, 2.05) is 12.1 Å². The van der Waals surface area contributed by atoms with Crippen molar-refractivity contribution < 1.29 is 4.79 Å². The number of fused-ring (bicyclic) bond motifs is 1. The van der Waals surface area contributed by atoms with Crippen LogP contribution < -0.4 is 16.0 Å². The minimum Gasteiger partial charge on any atom is -0.381 e. The van der Waals surface area contributed by atoms with Crippen LogP contribution in [0.15, 0.2) is 18.2 Å². The van der Waals surface area contributed by atoms with Crippen molar-refractivity contribution in [3.63, 3.8) is 0 Å². The van der Waals surface area contributed by atoms with Crippen molar-refractivity contribution in [1.82, 2.24) is 15.5 Å². The van der Waals surface area contributed by atoms with E-state index in [4.69, 9.17) is 11.6 Å². The zero-order valence-electron chi connectivity index (χ0n) is 12.6. The second-order valence-electron chi connectivity index (χ2n) is 6.02. The molecule has 4 rings (SSSR count). The van der Waals surface area contributed by atoms with E-state index in [2.05, 4.69) is 26.1 Å². The number of aromatic amines is 1. The summed E-state index contributed by atoms with van der Waals surface area (Å²) < 4.78 is 0. The van der Waals surface area contributed by atoms with Gasteiger partial charge in [0.15, 0.2) is 5.69 Å². The van der Waals surface area contributed by atoms with Crippen LogP contribution in [-0.2, 0) is 13.0 Å². The molecule has 4 N–H and O–H groups in total. The maximum atomic E-state index is 12.6. The van der Waals surface area contributed by atoms with Crippen molar-refractivity contribution in [2.45, 2.75) is 31.8 Å². The molecule has 6 nitrogen and oxygen atoms in total. The van der Waals surface area contributed by atoms with Gasteiger partial charge < -0.3 is 16.0 Å². The Morgan fingerprint density at radius 3 is 3.00 bits per heavy atom. The van der Waals surface area contributed by atoms with E-state index in [0.717, 1.165) is 42.8 Å². The number of carbonyl (C=O) groups is 1. The number of benzene rings is 1. The zero-order valence-corrected chi connectivity index (χ0v) is 13.3. The lowest BCUT2D eigenvalue weighted by atomic mass is 10.1. The molecule has 1 aliphatic heterocycles. The van der Waals surface area contributed by atoms with Crippen molar-refractivity contribution in [1.29, 1.82) is 0 Å². The monoisotopic (exact) mass is 331 g/mol. The normalized spacial score (nSPS) is 16.7. The number of halogens is 1. The van der Waals surface area contributed by atoms with Gasteiger partial charge in [-0.15, -0.1) is 0 Å². The molecule has 1 aliphatic carbocycles. The van der Waals surface area contributed by atoms with Crippen LogP contribution in [0.3, 0.4) is 0 Å². The number of aromatic nitrogens is 2. The first-order valence-corrected chi connectivity index (χ1v) is 8.23. The molecule has 0 saturated heterocycles. The van der Waals surface area contributed by atoms with Gasteiger partial charge in [-0.25, -0.2) is 0 Å². The highest BCUT2D eigenvalue weighted by atomic mass is 35.5. The lowest BCUT2D eigenvalue weighted by Gasteiger charge is -2.15. The van der Waals surface area contributed by atoms with Gasteiger partial charge in [-0.1, -0.05) is 11.6 Å². The van der Waals surface area contributed by atoms with Crippen LogP contribution in [0.2, 0.25) is 5.02 Å². The molecule has 2 heterocycles. The molecule has 120 valence electrons. The van der Waals surface area contributed by atoms with E-state index in [1.165, 1.54) is 0 Å². The van der Waals surface area contributed by atoms with E-state index in [9.17, 15) is 4.79 Å². The van der Waals surface area contributed by atoms with Crippen LogP contribution in [0.4, 0.5) is 11.4 Å². The summed E-state index contributed by atoms with van der Waals surface area (Å²) in [7, 11) is 0. The average Bonchev–Trinajstić information content (AvgIpc) is 3.25. The third kappa shape index (κ3) is 3.04. The summed E-state index contributed by atoms with van der Waals surface area (Å²) in [6, 6.07) is 5.98. The van der Waals surface area contributed by atoms with E-state index in [-0.39, 0.29) is 5.91 Å². The van der Waals surface area contributed by atoms with E-state index < -0.39 is 0 Å². The molecule has 1 aromatic carbocycles. The Labute approximate surface area is 139 Å². The molecule has 0 radical (unpaired) electrons. The van der Waals surface area contributed by atoms with Gasteiger partial charge >= 0.3 is 0 Å². The summed E-state index contributed by atoms with van der Waals surface area (Å²) in [6.45, 7) is 1.57. The van der Waals surface area contributed by atoms with Crippen LogP contribution >= 0.6 is 11.6 Å². The summed E-state index contributed by atoms with van der Waals surface area (Å²) in [6.07, 6.45) is 3.18. The summed E-state index contributed by atoms with van der Waals surface area (Å²) in [5.74, 6) is -0.215. The molecule has 1 aromatic heterocycles. The fourth-order valence-corrected chi connectivity index (χ4v) is 2.96. The van der Waals surface area contributed by atoms with Crippen molar-refractivity contribution in [3.8, 4) is 0 Å². The molecule has 23 heavy (non-hydrogen) atoms. The Bertz CT molecular complexity index is 753. The lowest BCUT2D eigenvalue weighted by Crippen LogP contribution is -2.25. The molecule has 0 bridgehead atoms. The zero-order chi connectivity index (χ0) is 15.8. The average molecular weight is 332 g/mol. The van der Waals surface area contributed by atoms with Gasteiger partial charge in [0, 0.05) is 41.8 Å². The first-order valence-electron chi connectivity index (χ1n) is 7.85. The number of anilines is 2. The molecule has 0 unspecified atom stereocenters. The Balaban J connectivity index is 1.58. The molecule has 1 fully saturated rings. The first kappa shape index (κ1) is 14.5. The van der Waals surface area contributed by atoms with Crippen LogP contribution in [-0.4, -0.2) is 28.7 Å². The Kier molecular flexibility index (Phi) is 3.71. The molecule has 1 saturated carbocycles. The molecule has 2 aliphatic rings. The van der Waals surface area contributed by atoms with Gasteiger partial charge in [0.05, 0.1) is 11.4 Å². The smallest absolute Gasteiger partial charge is 0.276 e. The maximum Gasteiger partial charge on any atom is 0.276 e. The van der Waals surface area contributed by atoms with E-state index in [0.29, 0.717) is 29.0 Å². The van der Waals surface area contributed by atoms with Gasteiger partial charge in [-0.3, -0.25) is 9.89 Å². The van der Waals surface area contributed by atoms with Gasteiger partial charge in [0.1, 0.15) is 0 Å². The minimum atomic E-state index is -0.215. The summed E-state index contributed by atoms with van der Waals surface area (Å²) in [5.41, 5.74) is 4.02. The second-order valence-corrected chi connectivity index (χ2v) is 6.46. The highest BCUT2D eigenvalue weighted by molar-refractivity contribution is 6.31. The Morgan fingerprint density at radius 1 is 1.30 bits per heavy atom. The third-order valence-corrected chi connectivity index (χ3v) is 4.42. The predicted octanol–water partition coefficient (Wildman–Crippen LogP) is 2.54. The molecule has 0 atom stereocenters. The van der Waals surface area contributed by atoms with Crippen molar-refractivity contribution in [2.24, 2.45) is 0 Å². The molecular weight excluding hydrogens is 314 g/mol. The number of hydrogen-bond acceptors (Lipinski definition) is 4. The fraction of sp³-hybridized carbons (Fsp3) is 0.375. The number of carbonyl (C=O) groups excluding carboxylic acids is 1. The summed E-state index contributed by atoms with van der Waals surface area (Å²) >= 11 is 6.08. The van der Waals surface area contributed by atoms with E-state index >= 15 is 0 Å². The minimum absolute atomic E-state index is 0.215. The van der Waals surface area contributed by atoms with Gasteiger partial charge in [0.25, 0.3) is 5.91 Å². The highest BCUT2D eigenvalue weighted by Crippen LogP contribution is 2.32. The standard InChI is InChI=1S/C16H18ClN5O/c17-9-1-4-13(19-10-2-3-10)14(7-9)20-16(23)15-11-8-18-6-5-12(11)21-22-15/h1,4,7,10,18-19H,2-3,5-6,8H2,(H,20,23)(H,21,22). The number of nitrogens with one attached hydrogen (secondary N) is 4. The van der Waals surface area contributed by atoms with Gasteiger partial charge in [-0.05, 0) is 31.0 Å². The summed E-state index contributed by atoms with van der Waals surface area (Å²) in [5, 5.41) is 17.4. The van der Waals surface area contributed by atoms with Crippen LogP contribution in [0.25, 0.3) is 0 Å². The molecule has 0 spiro atoms. The fourth-order valence-electron chi connectivity index (χ4n) is 2.79. The second kappa shape index (κ2) is 5.86. The number of nitrogens with zero attached hydrogens (tertiary/aromatic N) is 1. The van der Waals surface area contributed by atoms with Crippen LogP contribution in [0.1, 0.15) is 34.6 Å². The number of amides is 1. The quantitative estimate of drug-likeness (QED) is 0.694. The SMILES string of the molecule is O=C(Nc1cc(Cl)ccc1NC1CC1)c1n[nH]c2c1CNCC2.